The molecule has 1 heterocycles. The zero-order valence-electron chi connectivity index (χ0n) is 22.0. The zero-order valence-corrected chi connectivity index (χ0v) is 22.0. The fourth-order valence-electron chi connectivity index (χ4n) is 7.91. The molecule has 4 heteroatoms. The summed E-state index contributed by atoms with van der Waals surface area (Å²) in [6.45, 7) is 5.47. The molecule has 35 heavy (non-hydrogen) atoms. The molecule has 4 rings (SSSR count). The second kappa shape index (κ2) is 14.3. The Bertz CT molecular complexity index is 628. The van der Waals surface area contributed by atoms with E-state index in [-0.39, 0.29) is 6.29 Å². The molecule has 0 N–H and O–H groups in total. The van der Waals surface area contributed by atoms with Gasteiger partial charge in [-0.05, 0) is 125 Å². The normalized spacial score (nSPS) is 38.6. The van der Waals surface area contributed by atoms with Crippen molar-refractivity contribution in [1.29, 1.82) is 0 Å². The summed E-state index contributed by atoms with van der Waals surface area (Å²) in [5.41, 5.74) is 0. The maximum absolute atomic E-state index is 12.3. The SMILES string of the molecule is C=CCC1COC(CCC2CCC(C3CCC(C4CCC(CCC=C(F)F)CC4)CC3)CC2)OC1. The predicted octanol–water partition coefficient (Wildman–Crippen LogP) is 9.31. The van der Waals surface area contributed by atoms with Gasteiger partial charge in [0.25, 0.3) is 6.08 Å². The minimum Gasteiger partial charge on any atom is -0.352 e. The third-order valence-corrected chi connectivity index (χ3v) is 10.2. The number of hydrogen-bond acceptors (Lipinski definition) is 2. The molecule has 0 aromatic rings. The highest BCUT2D eigenvalue weighted by atomic mass is 19.3. The molecule has 200 valence electrons. The van der Waals surface area contributed by atoms with Gasteiger partial charge in [-0.15, -0.1) is 6.58 Å². The Balaban J connectivity index is 1.07. The van der Waals surface area contributed by atoms with Gasteiger partial charge in [0.15, 0.2) is 6.29 Å². The molecule has 4 aliphatic rings. The van der Waals surface area contributed by atoms with Crippen LogP contribution in [0.1, 0.15) is 109 Å². The van der Waals surface area contributed by atoms with Crippen LogP contribution in [0, 0.1) is 41.4 Å². The standard InChI is InChI=1S/C31H50F2O2/c1-2-4-25-21-34-31(35-22-25)20-11-24-9-14-27(15-10-24)29-18-16-28(17-19-29)26-12-7-23(8-13-26)5-3-6-30(32)33/h2,6,23-29,31H,1,3-5,7-22H2. The third-order valence-electron chi connectivity index (χ3n) is 10.2. The average molecular weight is 493 g/mol. The summed E-state index contributed by atoms with van der Waals surface area (Å²) in [6.07, 6.45) is 23.1. The van der Waals surface area contributed by atoms with Gasteiger partial charge < -0.3 is 9.47 Å². The Morgan fingerprint density at radius 2 is 1.09 bits per heavy atom. The van der Waals surface area contributed by atoms with E-state index in [1.54, 1.807) is 0 Å². The first kappa shape index (κ1) is 27.3. The smallest absolute Gasteiger partial charge is 0.266 e. The van der Waals surface area contributed by atoms with E-state index in [0.717, 1.165) is 68.1 Å². The summed E-state index contributed by atoms with van der Waals surface area (Å²) in [6, 6.07) is 0. The number of rotatable bonds is 10. The minimum atomic E-state index is -1.51. The lowest BCUT2D eigenvalue weighted by molar-refractivity contribution is -0.203. The summed E-state index contributed by atoms with van der Waals surface area (Å²) in [5.74, 6) is 5.83. The van der Waals surface area contributed by atoms with Gasteiger partial charge in [0.2, 0.25) is 0 Å². The summed E-state index contributed by atoms with van der Waals surface area (Å²) in [5, 5.41) is 0. The maximum atomic E-state index is 12.3. The second-order valence-corrected chi connectivity index (χ2v) is 12.4. The molecule has 0 bridgehead atoms. The van der Waals surface area contributed by atoms with Gasteiger partial charge in [-0.25, -0.2) is 0 Å². The van der Waals surface area contributed by atoms with E-state index < -0.39 is 6.08 Å². The van der Waals surface area contributed by atoms with E-state index in [4.69, 9.17) is 9.47 Å². The van der Waals surface area contributed by atoms with Crippen molar-refractivity contribution < 1.29 is 18.3 Å². The molecule has 0 spiro atoms. The highest BCUT2D eigenvalue weighted by Gasteiger charge is 2.35. The maximum Gasteiger partial charge on any atom is 0.266 e. The Labute approximate surface area is 213 Å². The number of hydrogen-bond donors (Lipinski definition) is 0. The van der Waals surface area contributed by atoms with Gasteiger partial charge in [0.1, 0.15) is 0 Å². The van der Waals surface area contributed by atoms with E-state index in [1.807, 2.05) is 6.08 Å². The van der Waals surface area contributed by atoms with Gasteiger partial charge >= 0.3 is 0 Å². The Kier molecular flexibility index (Phi) is 11.1. The molecule has 4 fully saturated rings. The molecule has 1 saturated heterocycles. The number of allylic oxidation sites excluding steroid dienone is 2. The molecule has 2 nitrogen and oxygen atoms in total. The second-order valence-electron chi connectivity index (χ2n) is 12.4. The molecule has 3 saturated carbocycles. The van der Waals surface area contributed by atoms with Crippen molar-refractivity contribution in [3.8, 4) is 0 Å². The Morgan fingerprint density at radius 3 is 1.54 bits per heavy atom. The summed E-state index contributed by atoms with van der Waals surface area (Å²) < 4.78 is 36.4. The Morgan fingerprint density at radius 1 is 0.629 bits per heavy atom. The largest absolute Gasteiger partial charge is 0.352 e. The molecule has 0 atom stereocenters. The van der Waals surface area contributed by atoms with Crippen molar-refractivity contribution >= 4 is 0 Å². The lowest BCUT2D eigenvalue weighted by Gasteiger charge is -2.41. The minimum absolute atomic E-state index is 0.0223. The highest BCUT2D eigenvalue weighted by molar-refractivity contribution is 4.87. The first-order valence-electron chi connectivity index (χ1n) is 15.0. The Hall–Kier alpha value is -0.740. The molecule has 1 aliphatic heterocycles. The van der Waals surface area contributed by atoms with Crippen LogP contribution in [0.2, 0.25) is 0 Å². The molecule has 3 aliphatic carbocycles. The van der Waals surface area contributed by atoms with E-state index in [1.165, 1.54) is 83.5 Å². The molecule has 0 aromatic carbocycles. The molecular formula is C31H50F2O2. The van der Waals surface area contributed by atoms with Gasteiger partial charge in [-0.1, -0.05) is 31.8 Å². The molecule has 0 unspecified atom stereocenters. The van der Waals surface area contributed by atoms with Crippen molar-refractivity contribution in [1.82, 2.24) is 0 Å². The van der Waals surface area contributed by atoms with E-state index in [9.17, 15) is 8.78 Å². The van der Waals surface area contributed by atoms with Gasteiger partial charge in [0, 0.05) is 5.92 Å². The van der Waals surface area contributed by atoms with Crippen LogP contribution in [0.4, 0.5) is 8.78 Å². The number of ether oxygens (including phenoxy) is 2. The molecular weight excluding hydrogens is 442 g/mol. The van der Waals surface area contributed by atoms with E-state index >= 15 is 0 Å². The van der Waals surface area contributed by atoms with Crippen LogP contribution in [0.25, 0.3) is 0 Å². The van der Waals surface area contributed by atoms with Gasteiger partial charge in [-0.2, -0.15) is 8.78 Å². The summed E-state index contributed by atoms with van der Waals surface area (Å²) in [4.78, 5) is 0. The quantitative estimate of drug-likeness (QED) is 0.283. The van der Waals surface area contributed by atoms with Crippen LogP contribution in [-0.2, 0) is 9.47 Å². The lowest BCUT2D eigenvalue weighted by Crippen LogP contribution is -2.32. The van der Waals surface area contributed by atoms with Gasteiger partial charge in [0.05, 0.1) is 13.2 Å². The van der Waals surface area contributed by atoms with Crippen LogP contribution in [-0.4, -0.2) is 19.5 Å². The first-order chi connectivity index (χ1) is 17.1. The van der Waals surface area contributed by atoms with Crippen molar-refractivity contribution in [3.63, 3.8) is 0 Å². The van der Waals surface area contributed by atoms with Crippen molar-refractivity contribution in [2.75, 3.05) is 13.2 Å². The van der Waals surface area contributed by atoms with Crippen LogP contribution in [0.3, 0.4) is 0 Å². The molecule has 0 aromatic heterocycles. The number of halogens is 2. The summed E-state index contributed by atoms with van der Waals surface area (Å²) in [7, 11) is 0. The monoisotopic (exact) mass is 492 g/mol. The van der Waals surface area contributed by atoms with Gasteiger partial charge in [-0.3, -0.25) is 0 Å². The molecule has 0 radical (unpaired) electrons. The van der Waals surface area contributed by atoms with Crippen molar-refractivity contribution in [2.45, 2.75) is 115 Å². The average Bonchev–Trinajstić information content (AvgIpc) is 2.89. The van der Waals surface area contributed by atoms with Crippen LogP contribution in [0.15, 0.2) is 24.8 Å². The lowest BCUT2D eigenvalue weighted by atomic mass is 9.64. The van der Waals surface area contributed by atoms with Crippen molar-refractivity contribution in [2.24, 2.45) is 41.4 Å². The van der Waals surface area contributed by atoms with Crippen LogP contribution in [0.5, 0.6) is 0 Å². The summed E-state index contributed by atoms with van der Waals surface area (Å²) >= 11 is 0. The predicted molar refractivity (Wildman–Crippen MR) is 139 cm³/mol. The zero-order chi connectivity index (χ0) is 24.5. The topological polar surface area (TPSA) is 18.5 Å². The van der Waals surface area contributed by atoms with Crippen LogP contribution >= 0.6 is 0 Å². The van der Waals surface area contributed by atoms with E-state index in [2.05, 4.69) is 6.58 Å². The molecule has 0 amide bonds. The fourth-order valence-corrected chi connectivity index (χ4v) is 7.91. The van der Waals surface area contributed by atoms with E-state index in [0.29, 0.717) is 18.3 Å². The van der Waals surface area contributed by atoms with Crippen LogP contribution < -0.4 is 0 Å². The fraction of sp³-hybridized carbons (Fsp3) is 0.871. The first-order valence-corrected chi connectivity index (χ1v) is 15.0. The highest BCUT2D eigenvalue weighted by Crippen LogP contribution is 2.46. The third kappa shape index (κ3) is 8.66. The van der Waals surface area contributed by atoms with Crippen molar-refractivity contribution in [3.05, 3.63) is 24.8 Å².